The Morgan fingerprint density at radius 3 is 2.37 bits per heavy atom. The number of rotatable bonds is 7. The van der Waals surface area contributed by atoms with Crippen molar-refractivity contribution in [1.29, 1.82) is 0 Å². The highest BCUT2D eigenvalue weighted by molar-refractivity contribution is 5.81. The second-order valence-electron chi connectivity index (χ2n) is 6.31. The first-order chi connectivity index (χ1) is 13.0. The zero-order valence-corrected chi connectivity index (χ0v) is 16.5. The summed E-state index contributed by atoms with van der Waals surface area (Å²) in [5.41, 5.74) is 0.931. The Morgan fingerprint density at radius 1 is 1.11 bits per heavy atom. The molecule has 0 saturated carbocycles. The first kappa shape index (κ1) is 20.8. The lowest BCUT2D eigenvalue weighted by atomic mass is 10.1. The van der Waals surface area contributed by atoms with E-state index >= 15 is 0 Å². The predicted molar refractivity (Wildman–Crippen MR) is 101 cm³/mol. The van der Waals surface area contributed by atoms with Crippen molar-refractivity contribution in [1.82, 2.24) is 15.1 Å². The molecule has 1 aliphatic rings. The van der Waals surface area contributed by atoms with Gasteiger partial charge in [0.1, 0.15) is 0 Å². The highest BCUT2D eigenvalue weighted by atomic mass is 16.6. The van der Waals surface area contributed by atoms with Gasteiger partial charge in [-0.25, -0.2) is 4.79 Å². The molecule has 2 amide bonds. The van der Waals surface area contributed by atoms with Gasteiger partial charge in [-0.15, -0.1) is 0 Å². The largest absolute Gasteiger partial charge is 0.493 e. The third-order valence-corrected chi connectivity index (χ3v) is 4.68. The third-order valence-electron chi connectivity index (χ3n) is 4.68. The zero-order chi connectivity index (χ0) is 19.8. The van der Waals surface area contributed by atoms with E-state index in [2.05, 4.69) is 10.2 Å². The van der Waals surface area contributed by atoms with Gasteiger partial charge in [0, 0.05) is 32.7 Å². The highest BCUT2D eigenvalue weighted by Crippen LogP contribution is 2.27. The van der Waals surface area contributed by atoms with Crippen LogP contribution in [0.1, 0.15) is 19.4 Å². The molecular weight excluding hydrogens is 350 g/mol. The Morgan fingerprint density at radius 2 is 1.78 bits per heavy atom. The molecule has 27 heavy (non-hydrogen) atoms. The van der Waals surface area contributed by atoms with E-state index in [9.17, 15) is 9.59 Å². The number of amides is 2. The van der Waals surface area contributed by atoms with Gasteiger partial charge in [0.25, 0.3) is 0 Å². The standard InChI is InChI=1S/C19H29N3O5/c1-5-27-19(24)22-10-8-21(9-11-22)14(2)18(23)20-13-15-6-7-16(25-3)17(12-15)26-4/h6-7,12,14H,5,8-11,13H2,1-4H3,(H,20,23)/t14-/m0/s1. The Balaban J connectivity index is 1.83. The van der Waals surface area contributed by atoms with Gasteiger partial charge in [-0.2, -0.15) is 0 Å². The molecule has 0 spiro atoms. The number of ether oxygens (including phenoxy) is 3. The van der Waals surface area contributed by atoms with Gasteiger partial charge in [0.2, 0.25) is 5.91 Å². The number of piperazine rings is 1. The second kappa shape index (κ2) is 10.0. The van der Waals surface area contributed by atoms with Crippen molar-refractivity contribution in [2.75, 3.05) is 47.0 Å². The van der Waals surface area contributed by atoms with E-state index in [1.807, 2.05) is 25.1 Å². The van der Waals surface area contributed by atoms with Crippen molar-refractivity contribution in [2.45, 2.75) is 26.4 Å². The van der Waals surface area contributed by atoms with E-state index in [1.54, 1.807) is 26.0 Å². The van der Waals surface area contributed by atoms with Crippen molar-refractivity contribution in [3.05, 3.63) is 23.8 Å². The van der Waals surface area contributed by atoms with E-state index in [-0.39, 0.29) is 18.0 Å². The SMILES string of the molecule is CCOC(=O)N1CCN([C@@H](C)C(=O)NCc2ccc(OC)c(OC)c2)CC1. The van der Waals surface area contributed by atoms with Gasteiger partial charge >= 0.3 is 6.09 Å². The molecule has 8 heteroatoms. The summed E-state index contributed by atoms with van der Waals surface area (Å²) in [5, 5.41) is 2.96. The number of nitrogens with zero attached hydrogens (tertiary/aromatic N) is 2. The predicted octanol–water partition coefficient (Wildman–Crippen LogP) is 1.48. The highest BCUT2D eigenvalue weighted by Gasteiger charge is 2.27. The summed E-state index contributed by atoms with van der Waals surface area (Å²) in [6.45, 7) is 6.86. The second-order valence-corrected chi connectivity index (χ2v) is 6.31. The molecule has 1 fully saturated rings. The Hall–Kier alpha value is -2.48. The number of hydrogen-bond acceptors (Lipinski definition) is 6. The number of carbonyl (C=O) groups is 2. The van der Waals surface area contributed by atoms with Gasteiger partial charge in [-0.05, 0) is 31.5 Å². The fraction of sp³-hybridized carbons (Fsp3) is 0.579. The van der Waals surface area contributed by atoms with E-state index in [4.69, 9.17) is 14.2 Å². The average Bonchev–Trinajstić information content (AvgIpc) is 2.71. The molecular formula is C19H29N3O5. The van der Waals surface area contributed by atoms with Crippen molar-refractivity contribution >= 4 is 12.0 Å². The van der Waals surface area contributed by atoms with Crippen LogP contribution in [-0.2, 0) is 16.1 Å². The van der Waals surface area contributed by atoms with Gasteiger partial charge in [-0.3, -0.25) is 9.69 Å². The van der Waals surface area contributed by atoms with Gasteiger partial charge in [0.05, 0.1) is 26.9 Å². The van der Waals surface area contributed by atoms with Crippen LogP contribution in [0.15, 0.2) is 18.2 Å². The summed E-state index contributed by atoms with van der Waals surface area (Å²) >= 11 is 0. The van der Waals surface area contributed by atoms with Crippen LogP contribution in [0.5, 0.6) is 11.5 Å². The number of hydrogen-bond donors (Lipinski definition) is 1. The Labute approximate surface area is 160 Å². The minimum atomic E-state index is -0.289. The first-order valence-corrected chi connectivity index (χ1v) is 9.14. The topological polar surface area (TPSA) is 80.3 Å². The monoisotopic (exact) mass is 379 g/mol. The van der Waals surface area contributed by atoms with E-state index in [1.165, 1.54) is 0 Å². The third kappa shape index (κ3) is 5.50. The lowest BCUT2D eigenvalue weighted by Gasteiger charge is -2.36. The number of nitrogens with one attached hydrogen (secondary N) is 1. The molecule has 0 aliphatic carbocycles. The molecule has 8 nitrogen and oxygen atoms in total. The molecule has 150 valence electrons. The van der Waals surface area contributed by atoms with E-state index < -0.39 is 0 Å². The molecule has 1 aromatic carbocycles. The minimum absolute atomic E-state index is 0.0469. The summed E-state index contributed by atoms with van der Waals surface area (Å²) in [5.74, 6) is 1.24. The van der Waals surface area contributed by atoms with Crippen LogP contribution in [0.4, 0.5) is 4.79 Å². The van der Waals surface area contributed by atoms with Crippen LogP contribution in [0, 0.1) is 0 Å². The first-order valence-electron chi connectivity index (χ1n) is 9.14. The van der Waals surface area contributed by atoms with Crippen LogP contribution in [0.2, 0.25) is 0 Å². The van der Waals surface area contributed by atoms with Crippen LogP contribution >= 0.6 is 0 Å². The summed E-state index contributed by atoms with van der Waals surface area (Å²) in [6.07, 6.45) is -0.289. The molecule has 0 bridgehead atoms. The number of methoxy groups -OCH3 is 2. The molecule has 1 aliphatic heterocycles. The molecule has 1 atom stereocenters. The summed E-state index contributed by atoms with van der Waals surface area (Å²) in [4.78, 5) is 28.0. The fourth-order valence-corrected chi connectivity index (χ4v) is 3.00. The van der Waals surface area contributed by atoms with Crippen LogP contribution < -0.4 is 14.8 Å². The van der Waals surface area contributed by atoms with Gasteiger partial charge < -0.3 is 24.4 Å². The minimum Gasteiger partial charge on any atom is -0.493 e. The smallest absolute Gasteiger partial charge is 0.409 e. The van der Waals surface area contributed by atoms with Crippen molar-refractivity contribution in [3.63, 3.8) is 0 Å². The van der Waals surface area contributed by atoms with Crippen molar-refractivity contribution in [3.8, 4) is 11.5 Å². The molecule has 1 saturated heterocycles. The maximum absolute atomic E-state index is 12.5. The Kier molecular flexibility index (Phi) is 7.72. The van der Waals surface area contributed by atoms with Crippen LogP contribution in [-0.4, -0.2) is 74.8 Å². The molecule has 1 N–H and O–H groups in total. The summed E-state index contributed by atoms with van der Waals surface area (Å²) in [7, 11) is 3.17. The number of carbonyl (C=O) groups excluding carboxylic acids is 2. The molecule has 1 heterocycles. The normalized spacial score (nSPS) is 15.8. The molecule has 0 aromatic heterocycles. The van der Waals surface area contributed by atoms with Crippen molar-refractivity contribution < 1.29 is 23.8 Å². The van der Waals surface area contributed by atoms with Crippen molar-refractivity contribution in [2.24, 2.45) is 0 Å². The van der Waals surface area contributed by atoms with Crippen LogP contribution in [0.3, 0.4) is 0 Å². The van der Waals surface area contributed by atoms with E-state index in [0.717, 1.165) is 5.56 Å². The number of benzene rings is 1. The molecule has 2 rings (SSSR count). The lowest BCUT2D eigenvalue weighted by Crippen LogP contribution is -2.55. The fourth-order valence-electron chi connectivity index (χ4n) is 3.00. The maximum Gasteiger partial charge on any atom is 0.409 e. The average molecular weight is 379 g/mol. The molecule has 0 unspecified atom stereocenters. The quantitative estimate of drug-likeness (QED) is 0.773. The maximum atomic E-state index is 12.5. The van der Waals surface area contributed by atoms with Gasteiger partial charge in [-0.1, -0.05) is 6.07 Å². The molecule has 1 aromatic rings. The Bertz CT molecular complexity index is 644. The lowest BCUT2D eigenvalue weighted by molar-refractivity contribution is -0.126. The summed E-state index contributed by atoms with van der Waals surface area (Å²) < 4.78 is 15.5. The van der Waals surface area contributed by atoms with Crippen LogP contribution in [0.25, 0.3) is 0 Å². The van der Waals surface area contributed by atoms with E-state index in [0.29, 0.717) is 50.8 Å². The summed E-state index contributed by atoms with van der Waals surface area (Å²) in [6, 6.07) is 5.29. The molecule has 0 radical (unpaired) electrons. The van der Waals surface area contributed by atoms with Gasteiger partial charge in [0.15, 0.2) is 11.5 Å². The zero-order valence-electron chi connectivity index (χ0n) is 16.5.